The second-order valence-electron chi connectivity index (χ2n) is 6.02. The van der Waals surface area contributed by atoms with Crippen LogP contribution in [-0.2, 0) is 25.7 Å². The van der Waals surface area contributed by atoms with Gasteiger partial charge in [-0.1, -0.05) is 57.9 Å². The van der Waals surface area contributed by atoms with Gasteiger partial charge in [-0.05, 0) is 72.4 Å². The van der Waals surface area contributed by atoms with Crippen molar-refractivity contribution in [2.45, 2.75) is 32.1 Å². The molecule has 1 atom stereocenters. The maximum Gasteiger partial charge on any atom is 0.0408 e. The predicted molar refractivity (Wildman–Crippen MR) is 94.6 cm³/mol. The molecule has 0 spiro atoms. The largest absolute Gasteiger partial charge is 0.0925 e. The fraction of sp³-hybridized carbons (Fsp3) is 0.368. The summed E-state index contributed by atoms with van der Waals surface area (Å²) in [5.41, 5.74) is 5.93. The molecule has 1 aliphatic rings. The van der Waals surface area contributed by atoms with E-state index in [9.17, 15) is 0 Å². The Morgan fingerprint density at radius 2 is 1.71 bits per heavy atom. The van der Waals surface area contributed by atoms with Gasteiger partial charge < -0.3 is 0 Å². The molecule has 2 aromatic rings. The van der Waals surface area contributed by atoms with E-state index in [-0.39, 0.29) is 0 Å². The summed E-state index contributed by atoms with van der Waals surface area (Å²) in [6.07, 6.45) is 6.05. The predicted octanol–water partition coefficient (Wildman–Crippen LogP) is 5.63. The van der Waals surface area contributed by atoms with Crippen molar-refractivity contribution in [3.8, 4) is 0 Å². The molecule has 0 radical (unpaired) electrons. The Hall–Kier alpha value is -0.790. The Morgan fingerprint density at radius 3 is 2.48 bits per heavy atom. The van der Waals surface area contributed by atoms with Crippen molar-refractivity contribution in [2.24, 2.45) is 5.92 Å². The summed E-state index contributed by atoms with van der Waals surface area (Å²) in [6.45, 7) is 0. The molecule has 0 amide bonds. The van der Waals surface area contributed by atoms with Crippen molar-refractivity contribution in [1.82, 2.24) is 0 Å². The van der Waals surface area contributed by atoms with Crippen LogP contribution in [0, 0.1) is 5.92 Å². The first-order chi connectivity index (χ1) is 10.2. The van der Waals surface area contributed by atoms with E-state index in [1.165, 1.54) is 30.4 Å². The van der Waals surface area contributed by atoms with Gasteiger partial charge in [0.05, 0.1) is 0 Å². The van der Waals surface area contributed by atoms with Crippen LogP contribution in [0.1, 0.15) is 28.7 Å². The molecule has 2 heteroatoms. The molecule has 1 aliphatic carbocycles. The second-order valence-corrected chi connectivity index (χ2v) is 7.10. The molecule has 21 heavy (non-hydrogen) atoms. The van der Waals surface area contributed by atoms with Gasteiger partial charge >= 0.3 is 0 Å². The summed E-state index contributed by atoms with van der Waals surface area (Å²) in [7, 11) is 0. The number of aryl methyl sites for hydroxylation is 2. The minimum atomic E-state index is 0.614. The minimum absolute atomic E-state index is 0.614. The molecule has 0 saturated carbocycles. The van der Waals surface area contributed by atoms with Gasteiger partial charge in [0, 0.05) is 10.4 Å². The van der Waals surface area contributed by atoms with Gasteiger partial charge in [-0.3, -0.25) is 0 Å². The lowest BCUT2D eigenvalue weighted by atomic mass is 9.93. The minimum Gasteiger partial charge on any atom is -0.0925 e. The van der Waals surface area contributed by atoms with Gasteiger partial charge in [0.1, 0.15) is 0 Å². The zero-order valence-electron chi connectivity index (χ0n) is 12.1. The number of hydrogen-bond acceptors (Lipinski definition) is 0. The lowest BCUT2D eigenvalue weighted by Crippen LogP contribution is -2.10. The van der Waals surface area contributed by atoms with E-state index in [0.29, 0.717) is 5.92 Å². The third-order valence-corrected chi connectivity index (χ3v) is 5.47. The monoisotopic (exact) mass is 362 g/mol. The van der Waals surface area contributed by atoms with Gasteiger partial charge in [-0.2, -0.15) is 0 Å². The van der Waals surface area contributed by atoms with E-state index in [2.05, 4.69) is 46.3 Å². The number of hydrogen-bond donors (Lipinski definition) is 0. The number of benzene rings is 2. The Bertz CT molecular complexity index is 621. The molecule has 0 heterocycles. The maximum atomic E-state index is 6.08. The third-order valence-electron chi connectivity index (χ3n) is 4.32. The molecule has 0 N–H and O–H groups in total. The molecule has 1 unspecified atom stereocenters. The van der Waals surface area contributed by atoms with Crippen molar-refractivity contribution in [3.05, 3.63) is 69.7 Å². The Morgan fingerprint density at radius 1 is 0.952 bits per heavy atom. The van der Waals surface area contributed by atoms with Crippen LogP contribution in [0.3, 0.4) is 0 Å². The molecule has 2 aromatic carbocycles. The van der Waals surface area contributed by atoms with Gasteiger partial charge in [0.15, 0.2) is 0 Å². The highest BCUT2D eigenvalue weighted by atomic mass is 79.9. The van der Waals surface area contributed by atoms with Crippen LogP contribution >= 0.6 is 27.5 Å². The summed E-state index contributed by atoms with van der Waals surface area (Å²) in [5.74, 6) is 0.614. The number of halogens is 2. The molecular formula is C19H20BrCl. The molecule has 0 nitrogen and oxygen atoms in total. The quantitative estimate of drug-likeness (QED) is 0.604. The molecular weight excluding hydrogens is 344 g/mol. The van der Waals surface area contributed by atoms with E-state index in [4.69, 9.17) is 11.6 Å². The van der Waals surface area contributed by atoms with Crippen molar-refractivity contribution < 1.29 is 0 Å². The van der Waals surface area contributed by atoms with Gasteiger partial charge in [-0.25, -0.2) is 0 Å². The van der Waals surface area contributed by atoms with Crippen LogP contribution < -0.4 is 0 Å². The first kappa shape index (κ1) is 15.1. The zero-order valence-corrected chi connectivity index (χ0v) is 14.5. The molecule has 0 saturated heterocycles. The fourth-order valence-electron chi connectivity index (χ4n) is 3.26. The zero-order chi connectivity index (χ0) is 14.7. The summed E-state index contributed by atoms with van der Waals surface area (Å²) >= 11 is 9.76. The molecule has 0 aromatic heterocycles. The number of fused-ring (bicyclic) bond motifs is 1. The van der Waals surface area contributed by atoms with Crippen LogP contribution in [0.5, 0.6) is 0 Å². The third kappa shape index (κ3) is 3.90. The lowest BCUT2D eigenvalue weighted by molar-refractivity contribution is 0.591. The van der Waals surface area contributed by atoms with Crippen LogP contribution in [-0.4, -0.2) is 5.33 Å². The van der Waals surface area contributed by atoms with E-state index in [1.807, 2.05) is 12.1 Å². The van der Waals surface area contributed by atoms with E-state index in [0.717, 1.165) is 23.2 Å². The van der Waals surface area contributed by atoms with Crippen molar-refractivity contribution in [1.29, 1.82) is 0 Å². The number of rotatable bonds is 5. The molecule has 0 fully saturated rings. The summed E-state index contributed by atoms with van der Waals surface area (Å²) in [6, 6.07) is 15.3. The second kappa shape index (κ2) is 6.98. The summed E-state index contributed by atoms with van der Waals surface area (Å²) in [4.78, 5) is 0. The van der Waals surface area contributed by atoms with Crippen molar-refractivity contribution >= 4 is 27.5 Å². The molecule has 0 bridgehead atoms. The first-order valence-corrected chi connectivity index (χ1v) is 9.15. The van der Waals surface area contributed by atoms with E-state index in [1.54, 1.807) is 11.1 Å². The average Bonchev–Trinajstić information content (AvgIpc) is 2.94. The maximum absolute atomic E-state index is 6.08. The van der Waals surface area contributed by atoms with Crippen LogP contribution in [0.2, 0.25) is 5.02 Å². The Balaban J connectivity index is 1.69. The molecule has 3 rings (SSSR count). The first-order valence-electron chi connectivity index (χ1n) is 7.65. The standard InChI is InChI=1S/C19H20BrCl/c20-13-16(9-14-3-1-6-19(21)12-14)10-15-7-8-17-4-2-5-18(17)11-15/h1,3,6-8,11-12,16H,2,4-5,9-10,13H2. The Labute approximate surface area is 140 Å². The van der Waals surface area contributed by atoms with Gasteiger partial charge in [-0.15, -0.1) is 0 Å². The van der Waals surface area contributed by atoms with E-state index >= 15 is 0 Å². The topological polar surface area (TPSA) is 0 Å². The Kier molecular flexibility index (Phi) is 5.03. The molecule has 110 valence electrons. The van der Waals surface area contributed by atoms with Gasteiger partial charge in [0.2, 0.25) is 0 Å². The summed E-state index contributed by atoms with van der Waals surface area (Å²) < 4.78 is 0. The van der Waals surface area contributed by atoms with Crippen LogP contribution in [0.15, 0.2) is 42.5 Å². The normalized spacial score (nSPS) is 15.0. The highest BCUT2D eigenvalue weighted by Crippen LogP contribution is 2.25. The fourth-order valence-corrected chi connectivity index (χ4v) is 3.93. The lowest BCUT2D eigenvalue weighted by Gasteiger charge is -2.15. The van der Waals surface area contributed by atoms with Crippen LogP contribution in [0.4, 0.5) is 0 Å². The van der Waals surface area contributed by atoms with E-state index < -0.39 is 0 Å². The number of alkyl halides is 1. The van der Waals surface area contributed by atoms with Crippen molar-refractivity contribution in [2.75, 3.05) is 5.33 Å². The van der Waals surface area contributed by atoms with Crippen molar-refractivity contribution in [3.63, 3.8) is 0 Å². The highest BCUT2D eigenvalue weighted by molar-refractivity contribution is 9.09. The van der Waals surface area contributed by atoms with Crippen LogP contribution in [0.25, 0.3) is 0 Å². The summed E-state index contributed by atoms with van der Waals surface area (Å²) in [5, 5.41) is 1.86. The highest BCUT2D eigenvalue weighted by Gasteiger charge is 2.14. The smallest absolute Gasteiger partial charge is 0.0408 e. The molecule has 0 aliphatic heterocycles. The van der Waals surface area contributed by atoms with Gasteiger partial charge in [0.25, 0.3) is 0 Å². The SMILES string of the molecule is Clc1cccc(CC(CBr)Cc2ccc3c(c2)CCC3)c1. The average molecular weight is 364 g/mol.